The lowest BCUT2D eigenvalue weighted by Crippen LogP contribution is -2.46. The first-order chi connectivity index (χ1) is 7.08. The lowest BCUT2D eigenvalue weighted by Gasteiger charge is -2.09. The highest BCUT2D eigenvalue weighted by Gasteiger charge is 1.97. The van der Waals surface area contributed by atoms with E-state index in [0.717, 1.165) is 10.2 Å². The van der Waals surface area contributed by atoms with Gasteiger partial charge in [0.1, 0.15) is 0 Å². The molecule has 5 N–H and O–H groups in total. The van der Waals surface area contributed by atoms with Gasteiger partial charge in [-0.05, 0) is 36.5 Å². The van der Waals surface area contributed by atoms with Crippen molar-refractivity contribution in [3.05, 3.63) is 28.7 Å². The Morgan fingerprint density at radius 2 is 1.87 bits per heavy atom. The van der Waals surface area contributed by atoms with Gasteiger partial charge in [-0.2, -0.15) is 0 Å². The average Bonchev–Trinajstić information content (AvgIpc) is 2.19. The molecule has 0 aromatic heterocycles. The molecule has 0 radical (unpaired) electrons. The summed E-state index contributed by atoms with van der Waals surface area (Å²) in [6.07, 6.45) is 0. The molecule has 1 aromatic rings. The number of hydrogen-bond donors (Lipinski definition) is 4. The molecule has 5 nitrogen and oxygen atoms in total. The van der Waals surface area contributed by atoms with E-state index >= 15 is 0 Å². The number of urea groups is 1. The Labute approximate surface area is 101 Å². The van der Waals surface area contributed by atoms with E-state index in [2.05, 4.69) is 32.1 Å². The normalized spacial score (nSPS) is 9.13. The summed E-state index contributed by atoms with van der Waals surface area (Å²) >= 11 is 8.19. The van der Waals surface area contributed by atoms with Crippen molar-refractivity contribution < 1.29 is 4.79 Å². The van der Waals surface area contributed by atoms with Crippen LogP contribution in [0, 0.1) is 0 Å². The monoisotopic (exact) mass is 288 g/mol. The first-order valence-corrected chi connectivity index (χ1v) is 5.16. The molecule has 0 aliphatic heterocycles. The quantitative estimate of drug-likeness (QED) is 0.464. The molecule has 7 heteroatoms. The van der Waals surface area contributed by atoms with Gasteiger partial charge in [0.25, 0.3) is 0 Å². The molecule has 0 fully saturated rings. The summed E-state index contributed by atoms with van der Waals surface area (Å²) in [7, 11) is 0. The Hall–Kier alpha value is -1.34. The van der Waals surface area contributed by atoms with Crippen molar-refractivity contribution >= 4 is 45.0 Å². The number of thiocarbonyl (C=S) groups is 1. The Balaban J connectivity index is 2.44. The Bertz CT molecular complexity index is 367. The molecule has 0 atom stereocenters. The fourth-order valence-electron chi connectivity index (χ4n) is 0.814. The number of carbonyl (C=O) groups excluding carboxylic acids is 1. The SMILES string of the molecule is NC(=O)NNC(=S)Nc1ccc(Br)cc1. The van der Waals surface area contributed by atoms with E-state index in [1.807, 2.05) is 24.3 Å². The largest absolute Gasteiger partial charge is 0.350 e. The number of nitrogens with one attached hydrogen (secondary N) is 3. The van der Waals surface area contributed by atoms with E-state index in [4.69, 9.17) is 18.0 Å². The number of hydrogen-bond acceptors (Lipinski definition) is 2. The molecule has 0 heterocycles. The number of benzene rings is 1. The van der Waals surface area contributed by atoms with Gasteiger partial charge in [-0.25, -0.2) is 10.2 Å². The molecule has 1 aromatic carbocycles. The average molecular weight is 289 g/mol. The van der Waals surface area contributed by atoms with E-state index in [9.17, 15) is 4.79 Å². The van der Waals surface area contributed by atoms with Crippen LogP contribution in [-0.2, 0) is 0 Å². The van der Waals surface area contributed by atoms with Crippen molar-refractivity contribution in [2.75, 3.05) is 5.32 Å². The van der Waals surface area contributed by atoms with E-state index in [1.54, 1.807) is 0 Å². The maximum Gasteiger partial charge on any atom is 0.330 e. The maximum atomic E-state index is 10.4. The Kier molecular flexibility index (Phi) is 4.32. The smallest absolute Gasteiger partial charge is 0.330 e. The fourth-order valence-corrected chi connectivity index (χ4v) is 1.25. The van der Waals surface area contributed by atoms with Gasteiger partial charge in [0, 0.05) is 10.2 Å². The van der Waals surface area contributed by atoms with Gasteiger partial charge in [0.05, 0.1) is 0 Å². The number of carbonyl (C=O) groups is 1. The summed E-state index contributed by atoms with van der Waals surface area (Å²) in [6, 6.07) is 6.71. The maximum absolute atomic E-state index is 10.4. The molecular weight excluding hydrogens is 280 g/mol. The molecule has 0 spiro atoms. The molecule has 0 unspecified atom stereocenters. The van der Waals surface area contributed by atoms with Crippen LogP contribution >= 0.6 is 28.1 Å². The van der Waals surface area contributed by atoms with Gasteiger partial charge in [0.2, 0.25) is 0 Å². The highest BCUT2D eigenvalue weighted by atomic mass is 79.9. The lowest BCUT2D eigenvalue weighted by atomic mass is 10.3. The lowest BCUT2D eigenvalue weighted by molar-refractivity contribution is 0.247. The molecule has 0 aliphatic rings. The van der Waals surface area contributed by atoms with E-state index < -0.39 is 6.03 Å². The molecule has 80 valence electrons. The minimum absolute atomic E-state index is 0.260. The van der Waals surface area contributed by atoms with Gasteiger partial charge in [0.15, 0.2) is 5.11 Å². The third-order valence-corrected chi connectivity index (χ3v) is 2.13. The van der Waals surface area contributed by atoms with Crippen LogP contribution in [0.25, 0.3) is 0 Å². The van der Waals surface area contributed by atoms with Gasteiger partial charge < -0.3 is 11.1 Å². The van der Waals surface area contributed by atoms with Crippen molar-refractivity contribution in [1.29, 1.82) is 0 Å². The van der Waals surface area contributed by atoms with Crippen molar-refractivity contribution in [3.63, 3.8) is 0 Å². The summed E-state index contributed by atoms with van der Waals surface area (Å²) < 4.78 is 0.974. The third-order valence-electron chi connectivity index (χ3n) is 1.40. The van der Waals surface area contributed by atoms with Gasteiger partial charge in [-0.15, -0.1) is 0 Å². The van der Waals surface area contributed by atoms with Gasteiger partial charge in [-0.3, -0.25) is 5.43 Å². The Morgan fingerprint density at radius 1 is 1.27 bits per heavy atom. The number of hydrazine groups is 1. The van der Waals surface area contributed by atoms with Crippen LogP contribution in [0.5, 0.6) is 0 Å². The molecular formula is C8H9BrN4OS. The minimum atomic E-state index is -0.699. The van der Waals surface area contributed by atoms with Crippen LogP contribution < -0.4 is 21.9 Å². The second-order valence-electron chi connectivity index (χ2n) is 2.58. The third kappa shape index (κ3) is 4.61. The van der Waals surface area contributed by atoms with Crippen LogP contribution in [-0.4, -0.2) is 11.1 Å². The first-order valence-electron chi connectivity index (χ1n) is 3.96. The number of primary amides is 1. The van der Waals surface area contributed by atoms with Gasteiger partial charge in [-0.1, -0.05) is 15.9 Å². The fraction of sp³-hybridized carbons (Fsp3) is 0. The highest BCUT2D eigenvalue weighted by Crippen LogP contribution is 2.13. The molecule has 0 aliphatic carbocycles. The van der Waals surface area contributed by atoms with Crippen LogP contribution in [0.3, 0.4) is 0 Å². The number of rotatable bonds is 1. The van der Waals surface area contributed by atoms with Crippen molar-refractivity contribution in [2.24, 2.45) is 5.73 Å². The number of anilines is 1. The number of amides is 2. The standard InChI is InChI=1S/C8H9BrN4OS/c9-5-1-3-6(4-2-5)11-8(15)13-12-7(10)14/h1-4H,(H3,10,12,14)(H2,11,13,15). The zero-order chi connectivity index (χ0) is 11.3. The Morgan fingerprint density at radius 3 is 2.40 bits per heavy atom. The topological polar surface area (TPSA) is 79.2 Å². The summed E-state index contributed by atoms with van der Waals surface area (Å²) in [5.41, 5.74) is 10.2. The molecule has 1 rings (SSSR count). The summed E-state index contributed by atoms with van der Waals surface area (Å²) in [6.45, 7) is 0. The highest BCUT2D eigenvalue weighted by molar-refractivity contribution is 9.10. The summed E-state index contributed by atoms with van der Waals surface area (Å²) in [5.74, 6) is 0. The van der Waals surface area contributed by atoms with Crippen LogP contribution in [0.1, 0.15) is 0 Å². The van der Waals surface area contributed by atoms with Crippen LogP contribution in [0.4, 0.5) is 10.5 Å². The zero-order valence-electron chi connectivity index (χ0n) is 7.58. The minimum Gasteiger partial charge on any atom is -0.350 e. The molecule has 0 bridgehead atoms. The summed E-state index contributed by atoms with van der Waals surface area (Å²) in [4.78, 5) is 10.4. The van der Waals surface area contributed by atoms with E-state index in [0.29, 0.717) is 0 Å². The first kappa shape index (κ1) is 11.7. The van der Waals surface area contributed by atoms with Crippen LogP contribution in [0.15, 0.2) is 28.7 Å². The number of halogens is 1. The molecule has 15 heavy (non-hydrogen) atoms. The zero-order valence-corrected chi connectivity index (χ0v) is 9.98. The molecule has 0 saturated heterocycles. The molecule has 2 amide bonds. The van der Waals surface area contributed by atoms with Crippen LogP contribution in [0.2, 0.25) is 0 Å². The molecule has 0 saturated carbocycles. The second-order valence-corrected chi connectivity index (χ2v) is 3.90. The van der Waals surface area contributed by atoms with Crippen molar-refractivity contribution in [3.8, 4) is 0 Å². The van der Waals surface area contributed by atoms with E-state index in [1.165, 1.54) is 0 Å². The number of nitrogens with two attached hydrogens (primary N) is 1. The van der Waals surface area contributed by atoms with Crippen molar-refractivity contribution in [1.82, 2.24) is 10.9 Å². The van der Waals surface area contributed by atoms with E-state index in [-0.39, 0.29) is 5.11 Å². The predicted octanol–water partition coefficient (Wildman–Crippen LogP) is 1.32. The van der Waals surface area contributed by atoms with Crippen molar-refractivity contribution in [2.45, 2.75) is 0 Å². The summed E-state index contributed by atoms with van der Waals surface area (Å²) in [5, 5.41) is 3.11. The predicted molar refractivity (Wildman–Crippen MR) is 66.2 cm³/mol. The second kappa shape index (κ2) is 5.52. The van der Waals surface area contributed by atoms with Gasteiger partial charge >= 0.3 is 6.03 Å².